The molecule has 1 rings (SSSR count). The highest BCUT2D eigenvalue weighted by Crippen LogP contribution is 2.12. The Balaban J connectivity index is 2.43. The van der Waals surface area contributed by atoms with Gasteiger partial charge in [-0.25, -0.2) is 0 Å². The van der Waals surface area contributed by atoms with Crippen LogP contribution in [0.15, 0.2) is 36.6 Å². The predicted octanol–water partition coefficient (Wildman–Crippen LogP) is 3.34. The highest BCUT2D eigenvalue weighted by molar-refractivity contribution is 6.30. The lowest BCUT2D eigenvalue weighted by Crippen LogP contribution is -2.18. The zero-order valence-corrected chi connectivity index (χ0v) is 10.2. The van der Waals surface area contributed by atoms with Crippen LogP contribution in [0.5, 0.6) is 0 Å². The SMILES string of the molecule is C=C(C)OC(OC)OCc1ccc(Cl)cc1. The van der Waals surface area contributed by atoms with Gasteiger partial charge in [-0.2, -0.15) is 0 Å². The molecule has 0 radical (unpaired) electrons. The molecule has 3 nitrogen and oxygen atoms in total. The number of halogens is 1. The van der Waals surface area contributed by atoms with E-state index in [0.717, 1.165) is 5.56 Å². The van der Waals surface area contributed by atoms with Crippen molar-refractivity contribution in [1.29, 1.82) is 0 Å². The van der Waals surface area contributed by atoms with Crippen molar-refractivity contribution in [1.82, 2.24) is 0 Å². The predicted molar refractivity (Wildman–Crippen MR) is 62.9 cm³/mol. The fourth-order valence-electron chi connectivity index (χ4n) is 1.06. The molecule has 0 amide bonds. The lowest BCUT2D eigenvalue weighted by atomic mass is 10.2. The van der Waals surface area contributed by atoms with E-state index < -0.39 is 6.48 Å². The van der Waals surface area contributed by atoms with E-state index in [0.29, 0.717) is 17.4 Å². The van der Waals surface area contributed by atoms with Crippen molar-refractivity contribution in [2.75, 3.05) is 7.11 Å². The normalized spacial score (nSPS) is 12.2. The summed E-state index contributed by atoms with van der Waals surface area (Å²) < 4.78 is 15.5. The van der Waals surface area contributed by atoms with Crippen LogP contribution >= 0.6 is 11.6 Å². The van der Waals surface area contributed by atoms with Gasteiger partial charge in [0.1, 0.15) is 0 Å². The summed E-state index contributed by atoms with van der Waals surface area (Å²) in [5, 5.41) is 0.699. The van der Waals surface area contributed by atoms with E-state index in [1.54, 1.807) is 6.92 Å². The zero-order valence-electron chi connectivity index (χ0n) is 9.40. The molecule has 4 heteroatoms. The topological polar surface area (TPSA) is 27.7 Å². The molecule has 16 heavy (non-hydrogen) atoms. The van der Waals surface area contributed by atoms with Gasteiger partial charge in [-0.3, -0.25) is 0 Å². The average Bonchev–Trinajstić information content (AvgIpc) is 2.26. The number of methoxy groups -OCH3 is 1. The van der Waals surface area contributed by atoms with Crippen LogP contribution in [0.1, 0.15) is 12.5 Å². The van der Waals surface area contributed by atoms with Crippen LogP contribution in [-0.2, 0) is 20.8 Å². The molecule has 0 spiro atoms. The quantitative estimate of drug-likeness (QED) is 0.566. The van der Waals surface area contributed by atoms with Gasteiger partial charge < -0.3 is 14.2 Å². The first-order valence-corrected chi connectivity index (χ1v) is 5.20. The number of hydrogen-bond donors (Lipinski definition) is 0. The van der Waals surface area contributed by atoms with Gasteiger partial charge in [-0.1, -0.05) is 30.3 Å². The van der Waals surface area contributed by atoms with Gasteiger partial charge in [0, 0.05) is 12.1 Å². The highest BCUT2D eigenvalue weighted by Gasteiger charge is 2.08. The first-order valence-electron chi connectivity index (χ1n) is 4.83. The van der Waals surface area contributed by atoms with E-state index in [2.05, 4.69) is 6.58 Å². The molecule has 0 N–H and O–H groups in total. The Hall–Kier alpha value is -1.03. The Bertz CT molecular complexity index is 335. The van der Waals surface area contributed by atoms with Crippen molar-refractivity contribution >= 4 is 11.6 Å². The fraction of sp³-hybridized carbons (Fsp3) is 0.333. The monoisotopic (exact) mass is 242 g/mol. The summed E-state index contributed by atoms with van der Waals surface area (Å²) in [6, 6.07) is 7.38. The third kappa shape index (κ3) is 4.66. The van der Waals surface area contributed by atoms with Crippen LogP contribution in [0.4, 0.5) is 0 Å². The standard InChI is InChI=1S/C12H15ClO3/c1-9(2)16-12(14-3)15-8-10-4-6-11(13)7-5-10/h4-7,12H,1,8H2,2-3H3. The van der Waals surface area contributed by atoms with Gasteiger partial charge in [0.15, 0.2) is 0 Å². The second-order valence-corrected chi connectivity index (χ2v) is 3.72. The molecule has 1 aromatic rings. The average molecular weight is 243 g/mol. The molecule has 0 aromatic heterocycles. The molecular formula is C12H15ClO3. The molecule has 0 aliphatic rings. The van der Waals surface area contributed by atoms with Crippen LogP contribution < -0.4 is 0 Å². The molecule has 1 atom stereocenters. The largest absolute Gasteiger partial charge is 0.447 e. The van der Waals surface area contributed by atoms with Crippen LogP contribution in [0, 0.1) is 0 Å². The Morgan fingerprint density at radius 1 is 1.38 bits per heavy atom. The van der Waals surface area contributed by atoms with Gasteiger partial charge >= 0.3 is 6.48 Å². The number of rotatable bonds is 6. The number of ether oxygens (including phenoxy) is 3. The van der Waals surface area contributed by atoms with Gasteiger partial charge in [-0.05, 0) is 24.6 Å². The molecule has 0 aliphatic heterocycles. The first-order chi connectivity index (χ1) is 7.61. The molecule has 0 heterocycles. The molecule has 1 unspecified atom stereocenters. The van der Waals surface area contributed by atoms with Crippen molar-refractivity contribution < 1.29 is 14.2 Å². The van der Waals surface area contributed by atoms with E-state index in [1.165, 1.54) is 7.11 Å². The highest BCUT2D eigenvalue weighted by atomic mass is 35.5. The minimum Gasteiger partial charge on any atom is -0.447 e. The molecule has 0 saturated carbocycles. The summed E-state index contributed by atoms with van der Waals surface area (Å²) in [6.45, 7) is 5.01. The van der Waals surface area contributed by atoms with Crippen molar-refractivity contribution in [3.05, 3.63) is 47.2 Å². The molecule has 0 bridgehead atoms. The summed E-state index contributed by atoms with van der Waals surface area (Å²) in [4.78, 5) is 0. The van der Waals surface area contributed by atoms with Crippen LogP contribution in [0.3, 0.4) is 0 Å². The number of allylic oxidation sites excluding steroid dienone is 1. The lowest BCUT2D eigenvalue weighted by Gasteiger charge is -2.17. The fourth-order valence-corrected chi connectivity index (χ4v) is 1.19. The van der Waals surface area contributed by atoms with E-state index in [4.69, 9.17) is 25.8 Å². The summed E-state index contributed by atoms with van der Waals surface area (Å²) >= 11 is 5.77. The van der Waals surface area contributed by atoms with Crippen molar-refractivity contribution in [3.8, 4) is 0 Å². The van der Waals surface area contributed by atoms with E-state index in [1.807, 2.05) is 24.3 Å². The van der Waals surface area contributed by atoms with Crippen LogP contribution in [0.25, 0.3) is 0 Å². The Kier molecular flexibility index (Phi) is 5.32. The molecule has 0 fully saturated rings. The molecule has 1 aromatic carbocycles. The smallest absolute Gasteiger partial charge is 0.315 e. The van der Waals surface area contributed by atoms with Crippen LogP contribution in [0.2, 0.25) is 5.02 Å². The molecule has 0 saturated heterocycles. The Morgan fingerprint density at radius 3 is 2.50 bits per heavy atom. The second kappa shape index (κ2) is 6.53. The van der Waals surface area contributed by atoms with Gasteiger partial charge in [0.2, 0.25) is 0 Å². The van der Waals surface area contributed by atoms with Gasteiger partial charge in [0.25, 0.3) is 0 Å². The Labute approximate surface area is 101 Å². The zero-order chi connectivity index (χ0) is 12.0. The minimum atomic E-state index is -0.729. The summed E-state index contributed by atoms with van der Waals surface area (Å²) in [5.74, 6) is 0.544. The summed E-state index contributed by atoms with van der Waals surface area (Å²) in [6.07, 6.45) is 0. The van der Waals surface area contributed by atoms with E-state index >= 15 is 0 Å². The van der Waals surface area contributed by atoms with E-state index in [9.17, 15) is 0 Å². The second-order valence-electron chi connectivity index (χ2n) is 3.28. The maximum atomic E-state index is 5.77. The number of hydrogen-bond acceptors (Lipinski definition) is 3. The van der Waals surface area contributed by atoms with Crippen LogP contribution in [-0.4, -0.2) is 13.6 Å². The lowest BCUT2D eigenvalue weighted by molar-refractivity contribution is -0.264. The van der Waals surface area contributed by atoms with Crippen molar-refractivity contribution in [2.45, 2.75) is 20.0 Å². The summed E-state index contributed by atoms with van der Waals surface area (Å²) in [5.41, 5.74) is 0.997. The van der Waals surface area contributed by atoms with Crippen molar-refractivity contribution in [3.63, 3.8) is 0 Å². The Morgan fingerprint density at radius 2 is 2.00 bits per heavy atom. The van der Waals surface area contributed by atoms with Gasteiger partial charge in [0.05, 0.1) is 12.4 Å². The maximum Gasteiger partial charge on any atom is 0.315 e. The molecular weight excluding hydrogens is 228 g/mol. The third-order valence-corrected chi connectivity index (χ3v) is 2.04. The van der Waals surface area contributed by atoms with Crippen molar-refractivity contribution in [2.24, 2.45) is 0 Å². The number of benzene rings is 1. The molecule has 0 aliphatic carbocycles. The van der Waals surface area contributed by atoms with E-state index in [-0.39, 0.29) is 0 Å². The van der Waals surface area contributed by atoms with Gasteiger partial charge in [-0.15, -0.1) is 0 Å². The summed E-state index contributed by atoms with van der Waals surface area (Å²) in [7, 11) is 1.51. The molecule has 88 valence electrons. The third-order valence-electron chi connectivity index (χ3n) is 1.79. The minimum absolute atomic E-state index is 0.392. The maximum absolute atomic E-state index is 5.77. The first kappa shape index (κ1) is 13.0.